The van der Waals surface area contributed by atoms with Crippen LogP contribution in [0.25, 0.3) is 5.65 Å². The maximum Gasteiger partial charge on any atom is 0.136 e. The second kappa shape index (κ2) is 2.08. The first-order valence-corrected chi connectivity index (χ1v) is 3.99. The smallest absolute Gasteiger partial charge is 0.136 e. The average Bonchev–Trinajstić information content (AvgIpc) is 2.86. The van der Waals surface area contributed by atoms with Gasteiger partial charge >= 0.3 is 0 Å². The molecule has 0 amide bonds. The molecule has 1 fully saturated rings. The number of hydrogen-bond donors (Lipinski definition) is 0. The number of epoxide rings is 1. The molecule has 12 heavy (non-hydrogen) atoms. The van der Waals surface area contributed by atoms with E-state index >= 15 is 0 Å². The van der Waals surface area contributed by atoms with Gasteiger partial charge in [-0.05, 0) is 12.1 Å². The van der Waals surface area contributed by atoms with Crippen molar-refractivity contribution in [1.82, 2.24) is 9.38 Å². The molecule has 3 rings (SSSR count). The molecule has 2 aromatic heterocycles. The quantitative estimate of drug-likeness (QED) is 0.590. The highest BCUT2D eigenvalue weighted by Gasteiger charge is 2.27. The first-order chi connectivity index (χ1) is 5.95. The lowest BCUT2D eigenvalue weighted by molar-refractivity contribution is 0.410. The maximum atomic E-state index is 5.20. The Morgan fingerprint density at radius 2 is 2.42 bits per heavy atom. The molecule has 3 heteroatoms. The van der Waals surface area contributed by atoms with Gasteiger partial charge in [-0.1, -0.05) is 6.07 Å². The monoisotopic (exact) mass is 160 g/mol. The minimum absolute atomic E-state index is 0.280. The van der Waals surface area contributed by atoms with Crippen molar-refractivity contribution in [3.05, 3.63) is 36.3 Å². The van der Waals surface area contributed by atoms with Crippen molar-refractivity contribution in [2.24, 2.45) is 0 Å². The molecule has 0 aliphatic carbocycles. The maximum absolute atomic E-state index is 5.20. The molecule has 2 aromatic rings. The molecule has 1 aliphatic heterocycles. The highest BCUT2D eigenvalue weighted by atomic mass is 16.6. The molecule has 0 radical (unpaired) electrons. The Labute approximate surface area is 69.6 Å². The van der Waals surface area contributed by atoms with Crippen molar-refractivity contribution in [2.45, 2.75) is 6.10 Å². The van der Waals surface area contributed by atoms with Gasteiger partial charge in [-0.2, -0.15) is 0 Å². The van der Waals surface area contributed by atoms with Crippen LogP contribution in [0.3, 0.4) is 0 Å². The molecule has 0 saturated carbocycles. The van der Waals surface area contributed by atoms with Crippen LogP contribution in [0.1, 0.15) is 11.8 Å². The van der Waals surface area contributed by atoms with E-state index in [2.05, 4.69) is 9.38 Å². The fourth-order valence-electron chi connectivity index (χ4n) is 1.41. The molecule has 0 spiro atoms. The van der Waals surface area contributed by atoms with Crippen LogP contribution in [0.15, 0.2) is 30.6 Å². The Morgan fingerprint density at radius 1 is 1.50 bits per heavy atom. The first-order valence-electron chi connectivity index (χ1n) is 3.99. The first kappa shape index (κ1) is 6.20. The Balaban J connectivity index is 2.30. The summed E-state index contributed by atoms with van der Waals surface area (Å²) in [4.78, 5) is 4.26. The predicted octanol–water partition coefficient (Wildman–Crippen LogP) is 1.41. The summed E-state index contributed by atoms with van der Waals surface area (Å²) in [6.07, 6.45) is 4.18. The van der Waals surface area contributed by atoms with Gasteiger partial charge in [0.05, 0.1) is 18.5 Å². The Hall–Kier alpha value is -1.35. The third-order valence-corrected chi connectivity index (χ3v) is 2.11. The lowest BCUT2D eigenvalue weighted by Gasteiger charge is -1.94. The van der Waals surface area contributed by atoms with E-state index in [1.165, 1.54) is 0 Å². The summed E-state index contributed by atoms with van der Waals surface area (Å²) in [6, 6.07) is 5.98. The number of pyridine rings is 1. The number of rotatable bonds is 1. The van der Waals surface area contributed by atoms with Gasteiger partial charge in [0.15, 0.2) is 0 Å². The van der Waals surface area contributed by atoms with Gasteiger partial charge in [0.2, 0.25) is 0 Å². The van der Waals surface area contributed by atoms with Gasteiger partial charge in [0.25, 0.3) is 0 Å². The van der Waals surface area contributed by atoms with E-state index in [1.807, 2.05) is 30.6 Å². The summed E-state index contributed by atoms with van der Waals surface area (Å²) in [5, 5.41) is 0. The van der Waals surface area contributed by atoms with E-state index in [4.69, 9.17) is 4.74 Å². The van der Waals surface area contributed by atoms with Crippen molar-refractivity contribution in [2.75, 3.05) is 6.61 Å². The van der Waals surface area contributed by atoms with Gasteiger partial charge < -0.3 is 9.14 Å². The van der Waals surface area contributed by atoms with Crippen LogP contribution >= 0.6 is 0 Å². The van der Waals surface area contributed by atoms with Crippen LogP contribution in [0.2, 0.25) is 0 Å². The molecule has 1 aliphatic rings. The molecule has 0 aromatic carbocycles. The van der Waals surface area contributed by atoms with Crippen molar-refractivity contribution in [3.8, 4) is 0 Å². The predicted molar refractivity (Wildman–Crippen MR) is 43.9 cm³/mol. The minimum Gasteiger partial charge on any atom is -0.366 e. The molecule has 1 saturated heterocycles. The van der Waals surface area contributed by atoms with E-state index in [0.717, 1.165) is 17.9 Å². The van der Waals surface area contributed by atoms with Crippen LogP contribution in [-0.4, -0.2) is 16.0 Å². The Bertz CT molecular complexity index is 417. The van der Waals surface area contributed by atoms with E-state index in [-0.39, 0.29) is 6.10 Å². The van der Waals surface area contributed by atoms with Crippen molar-refractivity contribution in [3.63, 3.8) is 0 Å². The average molecular weight is 160 g/mol. The van der Waals surface area contributed by atoms with Gasteiger partial charge in [-0.25, -0.2) is 4.98 Å². The standard InChI is InChI=1S/C9H8N2O/c1-2-4-11-7(8-6-12-8)5-10-9(11)3-1/h1-5,8H,6H2. The fourth-order valence-corrected chi connectivity index (χ4v) is 1.41. The second-order valence-corrected chi connectivity index (χ2v) is 2.93. The zero-order chi connectivity index (χ0) is 7.97. The third-order valence-electron chi connectivity index (χ3n) is 2.11. The zero-order valence-corrected chi connectivity index (χ0v) is 6.47. The topological polar surface area (TPSA) is 29.8 Å². The fraction of sp³-hybridized carbons (Fsp3) is 0.222. The van der Waals surface area contributed by atoms with E-state index in [0.29, 0.717) is 0 Å². The van der Waals surface area contributed by atoms with Crippen LogP contribution in [0.5, 0.6) is 0 Å². The minimum atomic E-state index is 0.280. The number of aromatic nitrogens is 2. The van der Waals surface area contributed by atoms with E-state index < -0.39 is 0 Å². The summed E-state index contributed by atoms with van der Waals surface area (Å²) >= 11 is 0. The Morgan fingerprint density at radius 3 is 3.25 bits per heavy atom. The normalized spacial score (nSPS) is 21.5. The van der Waals surface area contributed by atoms with Crippen LogP contribution in [-0.2, 0) is 4.74 Å². The van der Waals surface area contributed by atoms with E-state index in [9.17, 15) is 0 Å². The summed E-state index contributed by atoms with van der Waals surface area (Å²) in [5.74, 6) is 0. The number of fused-ring (bicyclic) bond motifs is 1. The number of imidazole rings is 1. The molecule has 60 valence electrons. The number of hydrogen-bond acceptors (Lipinski definition) is 2. The molecule has 0 N–H and O–H groups in total. The Kier molecular flexibility index (Phi) is 1.07. The lowest BCUT2D eigenvalue weighted by Crippen LogP contribution is -1.88. The third kappa shape index (κ3) is 0.769. The highest BCUT2D eigenvalue weighted by molar-refractivity contribution is 5.40. The van der Waals surface area contributed by atoms with Crippen molar-refractivity contribution < 1.29 is 4.74 Å². The van der Waals surface area contributed by atoms with Crippen LogP contribution < -0.4 is 0 Å². The highest BCUT2D eigenvalue weighted by Crippen LogP contribution is 2.29. The lowest BCUT2D eigenvalue weighted by atomic mass is 10.3. The molecular formula is C9H8N2O. The molecule has 0 bridgehead atoms. The van der Waals surface area contributed by atoms with Crippen molar-refractivity contribution in [1.29, 1.82) is 0 Å². The van der Waals surface area contributed by atoms with Crippen molar-refractivity contribution >= 4 is 5.65 Å². The second-order valence-electron chi connectivity index (χ2n) is 2.93. The molecule has 3 heterocycles. The van der Waals surface area contributed by atoms with Gasteiger partial charge in [0, 0.05) is 6.20 Å². The summed E-state index contributed by atoms with van der Waals surface area (Å²) in [7, 11) is 0. The molecular weight excluding hydrogens is 152 g/mol. The van der Waals surface area contributed by atoms with Gasteiger partial charge in [-0.15, -0.1) is 0 Å². The van der Waals surface area contributed by atoms with E-state index in [1.54, 1.807) is 0 Å². The molecule has 3 nitrogen and oxygen atoms in total. The van der Waals surface area contributed by atoms with Crippen LogP contribution in [0.4, 0.5) is 0 Å². The SMILES string of the molecule is c1ccn2c(C3CO3)cnc2c1. The summed E-state index contributed by atoms with van der Waals surface area (Å²) in [5.41, 5.74) is 2.15. The summed E-state index contributed by atoms with van der Waals surface area (Å²) < 4.78 is 7.27. The number of nitrogens with zero attached hydrogens (tertiary/aromatic N) is 2. The molecule has 1 unspecified atom stereocenters. The van der Waals surface area contributed by atoms with Gasteiger partial charge in [-0.3, -0.25) is 0 Å². The molecule has 1 atom stereocenters. The van der Waals surface area contributed by atoms with Crippen LogP contribution in [0, 0.1) is 0 Å². The summed E-state index contributed by atoms with van der Waals surface area (Å²) in [6.45, 7) is 0.836. The zero-order valence-electron chi connectivity index (χ0n) is 6.47. The van der Waals surface area contributed by atoms with Gasteiger partial charge in [0.1, 0.15) is 11.8 Å². The largest absolute Gasteiger partial charge is 0.366 e. The number of ether oxygens (including phenoxy) is 1.